The molecule has 0 bridgehead atoms. The molecule has 210 valence electrons. The number of carboxylic acid groups (broad SMARTS) is 1. The molecule has 0 aliphatic rings. The van der Waals surface area contributed by atoms with Crippen molar-refractivity contribution in [2.45, 2.75) is 26.3 Å². The van der Waals surface area contributed by atoms with Crippen LogP contribution in [0.3, 0.4) is 0 Å². The van der Waals surface area contributed by atoms with Gasteiger partial charge in [-0.3, -0.25) is 15.2 Å². The first-order valence-electron chi connectivity index (χ1n) is 12.3. The third kappa shape index (κ3) is 8.23. The average molecular weight is 549 g/mol. The number of nitrogen functional groups attached to an aromatic ring is 1. The zero-order valence-corrected chi connectivity index (χ0v) is 22.4. The van der Waals surface area contributed by atoms with Crippen LogP contribution < -0.4 is 21.5 Å². The van der Waals surface area contributed by atoms with E-state index >= 15 is 0 Å². The topological polar surface area (TPSA) is 194 Å². The molecule has 1 unspecified atom stereocenters. The fraction of sp³-hybridized carbons (Fsp3) is 0.259. The largest absolute Gasteiger partial charge is 0.491 e. The molecule has 6 N–H and O–H groups in total. The molecular formula is C27H32N8O5. The first kappa shape index (κ1) is 29.5. The molecule has 1 atom stereocenters. The highest BCUT2D eigenvalue weighted by Gasteiger charge is 2.22. The molecule has 0 radical (unpaired) electrons. The summed E-state index contributed by atoms with van der Waals surface area (Å²) in [4.78, 5) is 32.9. The van der Waals surface area contributed by atoms with Crippen molar-refractivity contribution in [1.29, 1.82) is 5.41 Å². The maximum atomic E-state index is 12.8. The number of nitrogens with two attached hydrogens (primary N) is 1. The van der Waals surface area contributed by atoms with Crippen molar-refractivity contribution >= 4 is 17.5 Å². The van der Waals surface area contributed by atoms with Crippen LogP contribution in [0, 0.1) is 5.41 Å². The number of nitrogens with zero attached hydrogens (tertiary/aromatic N) is 4. The highest BCUT2D eigenvalue weighted by atomic mass is 16.5. The molecule has 13 nitrogen and oxygen atoms in total. The Kier molecular flexibility index (Phi) is 10.5. The fourth-order valence-corrected chi connectivity index (χ4v) is 3.61. The normalized spacial score (nSPS) is 11.2. The summed E-state index contributed by atoms with van der Waals surface area (Å²) in [5.74, 6) is 0.380. The van der Waals surface area contributed by atoms with Gasteiger partial charge in [-0.15, -0.1) is 9.78 Å². The van der Waals surface area contributed by atoms with Crippen molar-refractivity contribution < 1.29 is 19.4 Å². The number of aryl methyl sites for hydroxylation is 1. The number of hydrogen-bond donors (Lipinski definition) is 5. The molecule has 4 rings (SSSR count). The molecule has 0 spiro atoms. The Bertz CT molecular complexity index is 1460. The number of carboxylic acids is 1. The summed E-state index contributed by atoms with van der Waals surface area (Å²) >= 11 is 0. The van der Waals surface area contributed by atoms with Gasteiger partial charge in [0.15, 0.2) is 5.82 Å². The number of benzene rings is 2. The van der Waals surface area contributed by atoms with Crippen molar-refractivity contribution in [2.24, 2.45) is 5.73 Å². The van der Waals surface area contributed by atoms with Crippen LogP contribution in [0.1, 0.15) is 42.4 Å². The van der Waals surface area contributed by atoms with Crippen LogP contribution in [0.25, 0.3) is 5.95 Å². The lowest BCUT2D eigenvalue weighted by atomic mass is 10.0. The fourth-order valence-electron chi connectivity index (χ4n) is 3.61. The highest BCUT2D eigenvalue weighted by molar-refractivity contribution is 5.95. The van der Waals surface area contributed by atoms with E-state index in [1.54, 1.807) is 37.7 Å². The van der Waals surface area contributed by atoms with Gasteiger partial charge in [-0.2, -0.15) is 0 Å². The minimum Gasteiger partial charge on any atom is -0.491 e. The number of aliphatic carboxylic acids is 1. The van der Waals surface area contributed by atoms with Gasteiger partial charge >= 0.3 is 5.69 Å². The minimum atomic E-state index is -0.833. The number of aromatic nitrogens is 5. The van der Waals surface area contributed by atoms with Gasteiger partial charge in [-0.1, -0.05) is 13.0 Å². The standard InChI is InChI=1S/C25H28N8O3.C2H4O2/c1-3-16-13-18(15-20(14-16)36-12-11-35-2)21(30-19-7-5-17(6-8-19)22(26)27)23-31-25(34)33(32-23)24-28-9-4-10-29-24;1-2(3)4/h4-10,13-15,21,30H,3,11-12H2,1-2H3,(H3,26,27)(H,31,32,34);1H3,(H,3,4). The van der Waals surface area contributed by atoms with Crippen LogP contribution in [-0.2, 0) is 16.0 Å². The molecule has 0 aliphatic heterocycles. The van der Waals surface area contributed by atoms with Gasteiger partial charge in [0.05, 0.1) is 6.61 Å². The number of aromatic amines is 1. The number of methoxy groups -OCH3 is 1. The smallest absolute Gasteiger partial charge is 0.350 e. The molecule has 40 heavy (non-hydrogen) atoms. The van der Waals surface area contributed by atoms with E-state index in [2.05, 4.69) is 32.3 Å². The molecular weight excluding hydrogens is 516 g/mol. The molecule has 0 saturated carbocycles. The third-order valence-corrected chi connectivity index (χ3v) is 5.44. The Morgan fingerprint density at radius 1 is 1.18 bits per heavy atom. The summed E-state index contributed by atoms with van der Waals surface area (Å²) in [7, 11) is 1.62. The van der Waals surface area contributed by atoms with Crippen LogP contribution in [0.2, 0.25) is 0 Å². The van der Waals surface area contributed by atoms with E-state index in [1.807, 2.05) is 30.3 Å². The van der Waals surface area contributed by atoms with E-state index in [9.17, 15) is 4.79 Å². The van der Waals surface area contributed by atoms with E-state index in [0.717, 1.165) is 34.8 Å². The number of ether oxygens (including phenoxy) is 2. The highest BCUT2D eigenvalue weighted by Crippen LogP contribution is 2.29. The molecule has 0 saturated heterocycles. The summed E-state index contributed by atoms with van der Waals surface area (Å²) in [5, 5.41) is 23.0. The van der Waals surface area contributed by atoms with Crippen molar-refractivity contribution in [3.05, 3.63) is 93.9 Å². The maximum Gasteiger partial charge on any atom is 0.350 e. The molecule has 2 aromatic carbocycles. The lowest BCUT2D eigenvalue weighted by molar-refractivity contribution is -0.134. The Balaban J connectivity index is 0.00000103. The number of rotatable bonds is 11. The Hall–Kier alpha value is -5.04. The summed E-state index contributed by atoms with van der Waals surface area (Å²) in [5.41, 5.74) is 8.40. The molecule has 0 amide bonds. The molecule has 2 heterocycles. The molecule has 2 aromatic heterocycles. The summed E-state index contributed by atoms with van der Waals surface area (Å²) < 4.78 is 12.1. The Morgan fingerprint density at radius 3 is 2.45 bits per heavy atom. The van der Waals surface area contributed by atoms with Gasteiger partial charge in [0.2, 0.25) is 0 Å². The zero-order valence-electron chi connectivity index (χ0n) is 22.4. The van der Waals surface area contributed by atoms with Crippen LogP contribution in [-0.4, -0.2) is 62.0 Å². The monoisotopic (exact) mass is 548 g/mol. The summed E-state index contributed by atoms with van der Waals surface area (Å²) in [6.45, 7) is 4.01. The number of anilines is 1. The first-order chi connectivity index (χ1) is 19.2. The van der Waals surface area contributed by atoms with Crippen LogP contribution >= 0.6 is 0 Å². The summed E-state index contributed by atoms with van der Waals surface area (Å²) in [6.07, 6.45) is 3.88. The van der Waals surface area contributed by atoms with E-state index in [4.69, 9.17) is 30.5 Å². The zero-order chi connectivity index (χ0) is 29.1. The second kappa shape index (κ2) is 14.2. The Morgan fingerprint density at radius 2 is 1.85 bits per heavy atom. The molecule has 0 aliphatic carbocycles. The molecule has 13 heteroatoms. The Labute approximate surface area is 230 Å². The van der Waals surface area contributed by atoms with Gasteiger partial charge in [0.25, 0.3) is 11.9 Å². The molecule has 0 fully saturated rings. The van der Waals surface area contributed by atoms with Crippen molar-refractivity contribution in [3.8, 4) is 11.7 Å². The lowest BCUT2D eigenvalue weighted by Crippen LogP contribution is -2.18. The number of hydrogen-bond acceptors (Lipinski definition) is 9. The second-order valence-electron chi connectivity index (χ2n) is 8.47. The number of nitrogens with one attached hydrogen (secondary N) is 3. The van der Waals surface area contributed by atoms with Crippen LogP contribution in [0.4, 0.5) is 5.69 Å². The predicted molar refractivity (Wildman–Crippen MR) is 149 cm³/mol. The van der Waals surface area contributed by atoms with Gasteiger partial charge in [-0.25, -0.2) is 14.8 Å². The van der Waals surface area contributed by atoms with Gasteiger partial charge in [0, 0.05) is 37.7 Å². The predicted octanol–water partition coefficient (Wildman–Crippen LogP) is 2.51. The van der Waals surface area contributed by atoms with Crippen molar-refractivity contribution in [1.82, 2.24) is 24.7 Å². The number of amidine groups is 1. The lowest BCUT2D eigenvalue weighted by Gasteiger charge is -2.20. The van der Waals surface area contributed by atoms with Gasteiger partial charge < -0.3 is 25.6 Å². The second-order valence-corrected chi connectivity index (χ2v) is 8.47. The quantitative estimate of drug-likeness (QED) is 0.106. The number of H-pyrrole nitrogens is 1. The van der Waals surface area contributed by atoms with Crippen LogP contribution in [0.15, 0.2) is 65.7 Å². The third-order valence-electron chi connectivity index (χ3n) is 5.44. The van der Waals surface area contributed by atoms with Crippen molar-refractivity contribution in [3.63, 3.8) is 0 Å². The van der Waals surface area contributed by atoms with E-state index < -0.39 is 17.7 Å². The minimum absolute atomic E-state index is 0.0162. The van der Waals surface area contributed by atoms with Crippen molar-refractivity contribution in [2.75, 3.05) is 25.6 Å². The molecule has 4 aromatic rings. The van der Waals surface area contributed by atoms with E-state index in [0.29, 0.717) is 30.4 Å². The van der Waals surface area contributed by atoms with Gasteiger partial charge in [-0.05, 0) is 60.0 Å². The maximum absolute atomic E-state index is 12.8. The van der Waals surface area contributed by atoms with E-state index in [-0.39, 0.29) is 11.8 Å². The number of carbonyl (C=O) groups is 1. The van der Waals surface area contributed by atoms with E-state index in [1.165, 1.54) is 0 Å². The van der Waals surface area contributed by atoms with Gasteiger partial charge in [0.1, 0.15) is 24.2 Å². The summed E-state index contributed by atoms with van der Waals surface area (Å²) in [6, 6.07) is 14.2. The van der Waals surface area contributed by atoms with Crippen LogP contribution in [0.5, 0.6) is 5.75 Å². The first-order valence-corrected chi connectivity index (χ1v) is 12.3. The SMILES string of the molecule is CC(=O)O.CCc1cc(OCCOC)cc(C(Nc2ccc(C(=N)N)cc2)c2nn(-c3ncccn3)c(=O)[nH]2)c1. The average Bonchev–Trinajstić information content (AvgIpc) is 3.33.